The van der Waals surface area contributed by atoms with Crippen molar-refractivity contribution < 1.29 is 18.3 Å². The summed E-state index contributed by atoms with van der Waals surface area (Å²) in [6, 6.07) is 4.80. The number of amides is 1. The summed E-state index contributed by atoms with van der Waals surface area (Å²) in [5.74, 6) is -2.48. The third-order valence-electron chi connectivity index (χ3n) is 3.88. The first-order valence-corrected chi connectivity index (χ1v) is 8.03. The number of allylic oxidation sites excluding steroid dienone is 1. The number of aliphatic imine (C=N–C) groups is 1. The van der Waals surface area contributed by atoms with E-state index in [1.165, 1.54) is 23.9 Å². The molecule has 1 unspecified atom stereocenters. The molecule has 0 fully saturated rings. The molecule has 26 heavy (non-hydrogen) atoms. The second kappa shape index (κ2) is 7.35. The van der Waals surface area contributed by atoms with Gasteiger partial charge in [-0.1, -0.05) is 17.7 Å². The third kappa shape index (κ3) is 3.51. The Hall–Kier alpha value is -2.58. The monoisotopic (exact) mass is 380 g/mol. The number of para-hydroxylation sites is 1. The lowest BCUT2D eigenvalue weighted by molar-refractivity contribution is 0.102. The predicted molar refractivity (Wildman–Crippen MR) is 94.2 cm³/mol. The zero-order valence-electron chi connectivity index (χ0n) is 14.0. The van der Waals surface area contributed by atoms with Crippen LogP contribution in [0.15, 0.2) is 34.3 Å². The van der Waals surface area contributed by atoms with E-state index in [0.29, 0.717) is 22.7 Å². The number of aromatic nitrogens is 2. The maximum atomic E-state index is 13.7. The van der Waals surface area contributed by atoms with Gasteiger partial charge in [0.05, 0.1) is 5.69 Å². The van der Waals surface area contributed by atoms with Crippen LogP contribution in [0.5, 0.6) is 0 Å². The van der Waals surface area contributed by atoms with Crippen LogP contribution in [0.4, 0.5) is 14.5 Å². The molecule has 1 aliphatic rings. The number of halogens is 3. The Morgan fingerprint density at radius 1 is 1.38 bits per heavy atom. The molecule has 1 aromatic carbocycles. The lowest BCUT2D eigenvalue weighted by Gasteiger charge is -2.17. The minimum Gasteiger partial charge on any atom is -0.359 e. The van der Waals surface area contributed by atoms with Crippen molar-refractivity contribution in [2.75, 3.05) is 12.4 Å². The number of aryl methyl sites for hydroxylation is 1. The van der Waals surface area contributed by atoms with Crippen LogP contribution in [0.1, 0.15) is 22.6 Å². The van der Waals surface area contributed by atoms with Gasteiger partial charge >= 0.3 is 0 Å². The van der Waals surface area contributed by atoms with E-state index < -0.39 is 23.2 Å². The van der Waals surface area contributed by atoms with Crippen LogP contribution in [0.3, 0.4) is 0 Å². The summed E-state index contributed by atoms with van der Waals surface area (Å²) in [5, 5.41) is 6.80. The van der Waals surface area contributed by atoms with Crippen LogP contribution in [-0.4, -0.2) is 35.2 Å². The Kier molecular flexibility index (Phi) is 5.15. The van der Waals surface area contributed by atoms with Crippen LogP contribution < -0.4 is 5.32 Å². The first kappa shape index (κ1) is 18.2. The normalized spacial score (nSPS) is 16.9. The van der Waals surface area contributed by atoms with Crippen molar-refractivity contribution in [2.45, 2.75) is 12.6 Å². The quantitative estimate of drug-likeness (QED) is 0.884. The van der Waals surface area contributed by atoms with E-state index in [2.05, 4.69) is 15.4 Å². The number of methoxy groups -OCH3 is 1. The summed E-state index contributed by atoms with van der Waals surface area (Å²) < 4.78 is 34.0. The highest BCUT2D eigenvalue weighted by atomic mass is 35.5. The maximum absolute atomic E-state index is 13.7. The van der Waals surface area contributed by atoms with Gasteiger partial charge in [0.1, 0.15) is 17.3 Å². The molecule has 0 aliphatic carbocycles. The van der Waals surface area contributed by atoms with Crippen LogP contribution in [-0.2, 0) is 11.8 Å². The number of benzene rings is 1. The molecule has 0 radical (unpaired) electrons. The van der Waals surface area contributed by atoms with Crippen LogP contribution in [0.25, 0.3) is 5.57 Å². The second-order valence-electron chi connectivity index (χ2n) is 5.58. The standard InChI is InChI=1S/C17H15ClF2N4O2/c1-24-14(9-8-21-15(26-2)6-10(9)18)7-13(23-24)17(25)22-16-11(19)4-3-5-12(16)20/h3-5,7-8,15H,6H2,1-2H3,(H,22,25). The highest BCUT2D eigenvalue weighted by Crippen LogP contribution is 2.28. The van der Waals surface area contributed by atoms with E-state index in [1.54, 1.807) is 13.3 Å². The molecule has 1 aliphatic heterocycles. The van der Waals surface area contributed by atoms with E-state index in [0.717, 1.165) is 12.1 Å². The molecular formula is C17H15ClF2N4O2. The number of nitrogens with zero attached hydrogens (tertiary/aromatic N) is 3. The summed E-state index contributed by atoms with van der Waals surface area (Å²) in [6.45, 7) is 0. The topological polar surface area (TPSA) is 68.5 Å². The first-order valence-electron chi connectivity index (χ1n) is 7.65. The highest BCUT2D eigenvalue weighted by molar-refractivity contribution is 6.37. The number of carbonyl (C=O) groups excluding carboxylic acids is 1. The van der Waals surface area contributed by atoms with Gasteiger partial charge in [0.15, 0.2) is 11.9 Å². The van der Waals surface area contributed by atoms with Gasteiger partial charge in [-0.05, 0) is 18.2 Å². The van der Waals surface area contributed by atoms with Crippen molar-refractivity contribution in [2.24, 2.45) is 12.0 Å². The molecule has 1 aromatic heterocycles. The van der Waals surface area contributed by atoms with Gasteiger partial charge in [-0.3, -0.25) is 14.5 Å². The van der Waals surface area contributed by atoms with Crippen LogP contribution in [0, 0.1) is 11.6 Å². The molecule has 0 bridgehead atoms. The average Bonchev–Trinajstić information content (AvgIpc) is 2.99. The number of hydrogen-bond acceptors (Lipinski definition) is 4. The van der Waals surface area contributed by atoms with E-state index in [-0.39, 0.29) is 11.9 Å². The molecule has 0 saturated heterocycles. The van der Waals surface area contributed by atoms with Crippen molar-refractivity contribution in [1.29, 1.82) is 0 Å². The molecule has 1 amide bonds. The van der Waals surface area contributed by atoms with Gasteiger partial charge in [-0.25, -0.2) is 8.78 Å². The molecular weight excluding hydrogens is 366 g/mol. The summed E-state index contributed by atoms with van der Waals surface area (Å²) in [7, 11) is 3.16. The van der Waals surface area contributed by atoms with E-state index >= 15 is 0 Å². The molecule has 1 N–H and O–H groups in total. The molecule has 1 atom stereocenters. The van der Waals surface area contributed by atoms with Crippen molar-refractivity contribution >= 4 is 35.0 Å². The number of anilines is 1. The van der Waals surface area contributed by atoms with Gasteiger partial charge < -0.3 is 10.1 Å². The summed E-state index contributed by atoms with van der Waals surface area (Å²) in [5.41, 5.74) is 0.618. The van der Waals surface area contributed by atoms with Crippen LogP contribution in [0.2, 0.25) is 0 Å². The number of dihydropyridines is 1. The number of nitrogens with one attached hydrogen (secondary N) is 1. The van der Waals surface area contributed by atoms with E-state index in [4.69, 9.17) is 16.3 Å². The highest BCUT2D eigenvalue weighted by Gasteiger charge is 2.22. The Morgan fingerprint density at radius 2 is 2.08 bits per heavy atom. The van der Waals surface area contributed by atoms with Crippen molar-refractivity contribution in [3.8, 4) is 0 Å². The lowest BCUT2D eigenvalue weighted by atomic mass is 10.1. The summed E-state index contributed by atoms with van der Waals surface area (Å²) in [6.07, 6.45) is 1.60. The molecule has 136 valence electrons. The van der Waals surface area contributed by atoms with Gasteiger partial charge in [0.2, 0.25) is 0 Å². The van der Waals surface area contributed by atoms with Crippen molar-refractivity contribution in [3.63, 3.8) is 0 Å². The maximum Gasteiger partial charge on any atom is 0.276 e. The smallest absolute Gasteiger partial charge is 0.276 e. The molecule has 9 heteroatoms. The fraction of sp³-hybridized carbons (Fsp3) is 0.235. The van der Waals surface area contributed by atoms with Gasteiger partial charge in [-0.2, -0.15) is 5.10 Å². The molecule has 3 rings (SSSR count). The average molecular weight is 381 g/mol. The third-order valence-corrected chi connectivity index (χ3v) is 4.24. The molecule has 2 aromatic rings. The second-order valence-corrected chi connectivity index (χ2v) is 6.04. The summed E-state index contributed by atoms with van der Waals surface area (Å²) in [4.78, 5) is 16.5. The van der Waals surface area contributed by atoms with Gasteiger partial charge in [0, 0.05) is 37.4 Å². The molecule has 6 nitrogen and oxygen atoms in total. The SMILES string of the molecule is COC1CC(Cl)=C(c2cc(C(=O)Nc3c(F)cccc3F)nn2C)C=N1. The number of ether oxygens (including phenoxy) is 1. The fourth-order valence-corrected chi connectivity index (χ4v) is 2.80. The minimum absolute atomic E-state index is 0.00983. The summed E-state index contributed by atoms with van der Waals surface area (Å²) >= 11 is 6.29. The minimum atomic E-state index is -0.870. The number of rotatable bonds is 4. The zero-order valence-corrected chi connectivity index (χ0v) is 14.7. The molecule has 0 spiro atoms. The largest absolute Gasteiger partial charge is 0.359 e. The molecule has 0 saturated carbocycles. The van der Waals surface area contributed by atoms with E-state index in [1.807, 2.05) is 0 Å². The van der Waals surface area contributed by atoms with Gasteiger partial charge in [-0.15, -0.1) is 0 Å². The van der Waals surface area contributed by atoms with E-state index in [9.17, 15) is 13.6 Å². The van der Waals surface area contributed by atoms with Gasteiger partial charge in [0.25, 0.3) is 5.91 Å². The van der Waals surface area contributed by atoms with Crippen molar-refractivity contribution in [3.05, 3.63) is 52.3 Å². The first-order chi connectivity index (χ1) is 12.4. The number of hydrogen-bond donors (Lipinski definition) is 1. The number of carbonyl (C=O) groups is 1. The predicted octanol–water partition coefficient (Wildman–Crippen LogP) is 3.35. The van der Waals surface area contributed by atoms with Crippen LogP contribution >= 0.6 is 11.6 Å². The molecule has 2 heterocycles. The Morgan fingerprint density at radius 3 is 2.69 bits per heavy atom. The lowest BCUT2D eigenvalue weighted by Crippen LogP contribution is -2.15. The van der Waals surface area contributed by atoms with Crippen molar-refractivity contribution in [1.82, 2.24) is 9.78 Å². The Balaban J connectivity index is 1.87. The Bertz CT molecular complexity index is 903. The zero-order chi connectivity index (χ0) is 18.8. The fourth-order valence-electron chi connectivity index (χ4n) is 2.52. The Labute approximate surface area is 153 Å².